The van der Waals surface area contributed by atoms with Gasteiger partial charge in [0, 0.05) is 17.5 Å². The quantitative estimate of drug-likeness (QED) is 0.437. The molecule has 4 aromatic rings. The minimum atomic E-state index is -0.0252. The number of aryl methyl sites for hydroxylation is 1. The molecule has 7 heteroatoms. The minimum absolute atomic E-state index is 0.0252. The first kappa shape index (κ1) is 20.2. The van der Waals surface area contributed by atoms with Crippen LogP contribution in [0.15, 0.2) is 77.9 Å². The standard InChI is InChI=1S/C25H22N4O2S/c1-16-8-13-23(30)20(14-16)21-15-22(17-6-4-3-5-7-17)29(28-21)25-27-26-24(32-25)18-9-11-19(31-2)12-10-18/h3-14,22,30H,15H2,1-2H3. The van der Waals surface area contributed by atoms with Crippen LogP contribution in [0.4, 0.5) is 5.13 Å². The number of ether oxygens (including phenoxy) is 1. The second-order valence-electron chi connectivity index (χ2n) is 7.66. The summed E-state index contributed by atoms with van der Waals surface area (Å²) in [5.74, 6) is 1.04. The van der Waals surface area contributed by atoms with Gasteiger partial charge in [-0.1, -0.05) is 53.3 Å². The minimum Gasteiger partial charge on any atom is -0.507 e. The van der Waals surface area contributed by atoms with E-state index in [0.29, 0.717) is 11.6 Å². The van der Waals surface area contributed by atoms with E-state index in [0.717, 1.165) is 38.7 Å². The highest BCUT2D eigenvalue weighted by molar-refractivity contribution is 7.18. The maximum Gasteiger partial charge on any atom is 0.229 e. The Morgan fingerprint density at radius 1 is 1.00 bits per heavy atom. The van der Waals surface area contributed by atoms with Crippen LogP contribution in [0.1, 0.15) is 29.2 Å². The van der Waals surface area contributed by atoms with Crippen LogP contribution in [-0.2, 0) is 0 Å². The summed E-state index contributed by atoms with van der Waals surface area (Å²) in [6.07, 6.45) is 0.665. The number of aromatic hydroxyl groups is 1. The monoisotopic (exact) mass is 442 g/mol. The van der Waals surface area contributed by atoms with E-state index in [1.54, 1.807) is 13.2 Å². The molecule has 0 spiro atoms. The fourth-order valence-electron chi connectivity index (χ4n) is 3.82. The second kappa shape index (κ2) is 8.43. The van der Waals surface area contributed by atoms with Gasteiger partial charge < -0.3 is 9.84 Å². The van der Waals surface area contributed by atoms with Crippen LogP contribution in [0, 0.1) is 6.92 Å². The summed E-state index contributed by atoms with van der Waals surface area (Å²) < 4.78 is 5.25. The van der Waals surface area contributed by atoms with Crippen LogP contribution in [0.3, 0.4) is 0 Å². The lowest BCUT2D eigenvalue weighted by molar-refractivity contribution is 0.415. The first-order valence-electron chi connectivity index (χ1n) is 10.3. The molecule has 1 atom stereocenters. The third kappa shape index (κ3) is 3.83. The van der Waals surface area contributed by atoms with E-state index in [-0.39, 0.29) is 11.8 Å². The van der Waals surface area contributed by atoms with Crippen molar-refractivity contribution >= 4 is 22.2 Å². The summed E-state index contributed by atoms with van der Waals surface area (Å²) in [7, 11) is 1.65. The van der Waals surface area contributed by atoms with Crippen molar-refractivity contribution in [3.63, 3.8) is 0 Å². The summed E-state index contributed by atoms with van der Waals surface area (Å²) in [5.41, 5.74) is 4.78. The smallest absolute Gasteiger partial charge is 0.229 e. The number of phenols is 1. The number of hydrogen-bond acceptors (Lipinski definition) is 7. The van der Waals surface area contributed by atoms with Crippen molar-refractivity contribution in [2.45, 2.75) is 19.4 Å². The van der Waals surface area contributed by atoms with Gasteiger partial charge in [-0.15, -0.1) is 10.2 Å². The molecule has 0 fully saturated rings. The Hall–Kier alpha value is -3.71. The molecule has 160 valence electrons. The van der Waals surface area contributed by atoms with E-state index in [1.165, 1.54) is 11.3 Å². The Morgan fingerprint density at radius 3 is 2.53 bits per heavy atom. The van der Waals surface area contributed by atoms with Gasteiger partial charge in [-0.05, 0) is 48.9 Å². The Labute approximate surface area is 190 Å². The number of anilines is 1. The van der Waals surface area contributed by atoms with Crippen LogP contribution in [0.5, 0.6) is 11.5 Å². The third-order valence-electron chi connectivity index (χ3n) is 5.50. The Kier molecular flexibility index (Phi) is 5.33. The number of hydrazone groups is 1. The highest BCUT2D eigenvalue weighted by Gasteiger charge is 2.33. The molecule has 0 bridgehead atoms. The van der Waals surface area contributed by atoms with Crippen LogP contribution in [0.25, 0.3) is 10.6 Å². The van der Waals surface area contributed by atoms with Gasteiger partial charge in [0.15, 0.2) is 0 Å². The SMILES string of the molecule is COc1ccc(-c2nnc(N3N=C(c4cc(C)ccc4O)CC3c3ccccc3)s2)cc1. The zero-order chi connectivity index (χ0) is 22.1. The van der Waals surface area contributed by atoms with Gasteiger partial charge in [0.05, 0.1) is 18.9 Å². The van der Waals surface area contributed by atoms with E-state index in [1.807, 2.05) is 66.5 Å². The van der Waals surface area contributed by atoms with Crippen LogP contribution in [-0.4, -0.2) is 28.1 Å². The van der Waals surface area contributed by atoms with Crippen LogP contribution < -0.4 is 9.75 Å². The number of aromatic nitrogens is 2. The number of hydrogen-bond donors (Lipinski definition) is 1. The zero-order valence-corrected chi connectivity index (χ0v) is 18.6. The Bertz CT molecular complexity index is 1270. The average molecular weight is 443 g/mol. The summed E-state index contributed by atoms with van der Waals surface area (Å²) in [6, 6.07) is 23.6. The lowest BCUT2D eigenvalue weighted by Crippen LogP contribution is -2.18. The van der Waals surface area contributed by atoms with Crippen LogP contribution in [0.2, 0.25) is 0 Å². The van der Waals surface area contributed by atoms with Crippen molar-refractivity contribution in [2.75, 3.05) is 12.1 Å². The van der Waals surface area contributed by atoms with Crippen molar-refractivity contribution in [3.05, 3.63) is 89.5 Å². The summed E-state index contributed by atoms with van der Waals surface area (Å²) >= 11 is 1.49. The van der Waals surface area contributed by atoms with Gasteiger partial charge in [-0.3, -0.25) is 0 Å². The third-order valence-corrected chi connectivity index (χ3v) is 6.47. The van der Waals surface area contributed by atoms with Crippen molar-refractivity contribution in [2.24, 2.45) is 5.10 Å². The van der Waals surface area contributed by atoms with Crippen LogP contribution >= 0.6 is 11.3 Å². The highest BCUT2D eigenvalue weighted by Crippen LogP contribution is 2.40. The lowest BCUT2D eigenvalue weighted by Gasteiger charge is -2.20. The molecule has 3 aromatic carbocycles. The van der Waals surface area contributed by atoms with Crippen molar-refractivity contribution in [1.29, 1.82) is 0 Å². The first-order valence-corrected chi connectivity index (χ1v) is 11.1. The van der Waals surface area contributed by atoms with Gasteiger partial charge in [0.25, 0.3) is 0 Å². The molecule has 0 aliphatic carbocycles. The number of benzene rings is 3. The van der Waals surface area contributed by atoms with Crippen molar-refractivity contribution in [1.82, 2.24) is 10.2 Å². The molecule has 0 saturated carbocycles. The molecule has 0 radical (unpaired) electrons. The molecule has 5 rings (SSSR count). The normalized spacial score (nSPS) is 15.6. The topological polar surface area (TPSA) is 70.8 Å². The molecule has 1 N–H and O–H groups in total. The molecular formula is C25H22N4O2S. The maximum absolute atomic E-state index is 10.5. The predicted molar refractivity (Wildman–Crippen MR) is 128 cm³/mol. The van der Waals surface area contributed by atoms with Gasteiger partial charge in [-0.2, -0.15) is 5.10 Å². The van der Waals surface area contributed by atoms with Crippen molar-refractivity contribution < 1.29 is 9.84 Å². The number of rotatable bonds is 5. The van der Waals surface area contributed by atoms with Gasteiger partial charge in [-0.25, -0.2) is 5.01 Å². The molecule has 0 saturated heterocycles. The Morgan fingerprint density at radius 2 is 1.78 bits per heavy atom. The van der Waals surface area contributed by atoms with Crippen molar-refractivity contribution in [3.8, 4) is 22.1 Å². The van der Waals surface area contributed by atoms with Gasteiger partial charge in [0.1, 0.15) is 16.5 Å². The highest BCUT2D eigenvalue weighted by atomic mass is 32.1. The van der Waals surface area contributed by atoms with E-state index < -0.39 is 0 Å². The summed E-state index contributed by atoms with van der Waals surface area (Å²) in [6.45, 7) is 2.01. The fourth-order valence-corrected chi connectivity index (χ4v) is 4.68. The number of phenolic OH excluding ortho intramolecular Hbond substituents is 1. The number of nitrogens with zero attached hydrogens (tertiary/aromatic N) is 4. The molecule has 1 unspecified atom stereocenters. The molecule has 1 aliphatic heterocycles. The molecule has 6 nitrogen and oxygen atoms in total. The zero-order valence-electron chi connectivity index (χ0n) is 17.8. The average Bonchev–Trinajstić information content (AvgIpc) is 3.49. The Balaban J connectivity index is 1.53. The fraction of sp³-hybridized carbons (Fsp3) is 0.160. The molecule has 1 aliphatic rings. The molecule has 2 heterocycles. The molecule has 32 heavy (non-hydrogen) atoms. The molecule has 0 amide bonds. The second-order valence-corrected chi connectivity index (χ2v) is 8.62. The van der Waals surface area contributed by atoms with E-state index in [4.69, 9.17) is 9.84 Å². The first-order chi connectivity index (χ1) is 15.6. The van der Waals surface area contributed by atoms with E-state index >= 15 is 0 Å². The lowest BCUT2D eigenvalue weighted by atomic mass is 9.97. The maximum atomic E-state index is 10.5. The largest absolute Gasteiger partial charge is 0.507 e. The summed E-state index contributed by atoms with van der Waals surface area (Å²) in [5, 5.41) is 27.7. The predicted octanol–water partition coefficient (Wildman–Crippen LogP) is 5.58. The van der Waals surface area contributed by atoms with Gasteiger partial charge >= 0.3 is 0 Å². The van der Waals surface area contributed by atoms with E-state index in [9.17, 15) is 5.11 Å². The summed E-state index contributed by atoms with van der Waals surface area (Å²) in [4.78, 5) is 0. The van der Waals surface area contributed by atoms with E-state index in [2.05, 4.69) is 22.3 Å². The molecular weight excluding hydrogens is 420 g/mol. The molecule has 1 aromatic heterocycles. The van der Waals surface area contributed by atoms with Gasteiger partial charge in [0.2, 0.25) is 5.13 Å². The number of methoxy groups -OCH3 is 1.